The topological polar surface area (TPSA) is 45.2 Å². The van der Waals surface area contributed by atoms with Crippen molar-refractivity contribution in [1.29, 1.82) is 0 Å². The van der Waals surface area contributed by atoms with Gasteiger partial charge in [0.25, 0.3) is 0 Å². The standard InChI is InChI=1S/C21H27N3O/c1-21(2,18-10-4-3-5-11-18)16-23-20(25)17-9-8-14-24(15-17)19-12-6-7-13-22-19/h3-7,10-13,17H,8-9,14-16H2,1-2H3,(H,23,25). The first-order chi connectivity index (χ1) is 12.1. The number of carbonyl (C=O) groups excluding carboxylic acids is 1. The summed E-state index contributed by atoms with van der Waals surface area (Å²) in [5.74, 6) is 1.15. The Hall–Kier alpha value is -2.36. The second-order valence-corrected chi connectivity index (χ2v) is 7.44. The van der Waals surface area contributed by atoms with Crippen LogP contribution in [0.25, 0.3) is 0 Å². The van der Waals surface area contributed by atoms with Crippen molar-refractivity contribution in [3.8, 4) is 0 Å². The van der Waals surface area contributed by atoms with Gasteiger partial charge in [0.2, 0.25) is 5.91 Å². The molecule has 0 aliphatic carbocycles. The van der Waals surface area contributed by atoms with Crippen LogP contribution in [-0.2, 0) is 10.2 Å². The van der Waals surface area contributed by atoms with Crippen LogP contribution in [0.3, 0.4) is 0 Å². The number of aromatic nitrogens is 1. The van der Waals surface area contributed by atoms with Crippen LogP contribution >= 0.6 is 0 Å². The Balaban J connectivity index is 1.58. The summed E-state index contributed by atoms with van der Waals surface area (Å²) in [5, 5.41) is 3.18. The highest BCUT2D eigenvalue weighted by Gasteiger charge is 2.28. The lowest BCUT2D eigenvalue weighted by atomic mass is 9.84. The third-order valence-corrected chi connectivity index (χ3v) is 5.03. The van der Waals surface area contributed by atoms with E-state index in [0.29, 0.717) is 6.54 Å². The molecule has 0 saturated carbocycles. The molecule has 1 unspecified atom stereocenters. The van der Waals surface area contributed by atoms with Gasteiger partial charge in [-0.25, -0.2) is 4.98 Å². The maximum absolute atomic E-state index is 12.7. The van der Waals surface area contributed by atoms with Crippen LogP contribution < -0.4 is 10.2 Å². The molecular weight excluding hydrogens is 310 g/mol. The van der Waals surface area contributed by atoms with Crippen LogP contribution in [-0.4, -0.2) is 30.5 Å². The van der Waals surface area contributed by atoms with Gasteiger partial charge in [-0.15, -0.1) is 0 Å². The van der Waals surface area contributed by atoms with Crippen molar-refractivity contribution in [3.05, 3.63) is 60.3 Å². The number of nitrogens with zero attached hydrogens (tertiary/aromatic N) is 2. The zero-order valence-electron chi connectivity index (χ0n) is 15.1. The van der Waals surface area contributed by atoms with Gasteiger partial charge >= 0.3 is 0 Å². The molecule has 1 atom stereocenters. The number of nitrogens with one attached hydrogen (secondary N) is 1. The zero-order chi connectivity index (χ0) is 17.7. The van der Waals surface area contributed by atoms with E-state index in [4.69, 9.17) is 0 Å². The van der Waals surface area contributed by atoms with Crippen LogP contribution in [0.5, 0.6) is 0 Å². The van der Waals surface area contributed by atoms with Gasteiger partial charge in [-0.1, -0.05) is 50.2 Å². The fourth-order valence-electron chi connectivity index (χ4n) is 3.38. The van der Waals surface area contributed by atoms with E-state index in [1.54, 1.807) is 6.20 Å². The highest BCUT2D eigenvalue weighted by Crippen LogP contribution is 2.24. The van der Waals surface area contributed by atoms with Crippen LogP contribution in [0.1, 0.15) is 32.3 Å². The quantitative estimate of drug-likeness (QED) is 0.909. The molecule has 0 radical (unpaired) electrons. The first kappa shape index (κ1) is 17.5. The summed E-state index contributed by atoms with van der Waals surface area (Å²) in [7, 11) is 0. The van der Waals surface area contributed by atoms with Gasteiger partial charge in [-0.2, -0.15) is 0 Å². The van der Waals surface area contributed by atoms with E-state index in [1.807, 2.05) is 36.4 Å². The second kappa shape index (κ2) is 7.68. The summed E-state index contributed by atoms with van der Waals surface area (Å²) >= 11 is 0. The zero-order valence-corrected chi connectivity index (χ0v) is 15.1. The molecule has 1 fully saturated rings. The number of carbonyl (C=O) groups is 1. The first-order valence-corrected chi connectivity index (χ1v) is 9.05. The molecule has 1 N–H and O–H groups in total. The highest BCUT2D eigenvalue weighted by molar-refractivity contribution is 5.79. The van der Waals surface area contributed by atoms with Crippen LogP contribution in [0.4, 0.5) is 5.82 Å². The van der Waals surface area contributed by atoms with Crippen molar-refractivity contribution in [1.82, 2.24) is 10.3 Å². The first-order valence-electron chi connectivity index (χ1n) is 9.05. The molecule has 4 nitrogen and oxygen atoms in total. The lowest BCUT2D eigenvalue weighted by molar-refractivity contribution is -0.125. The molecule has 2 heterocycles. The third kappa shape index (κ3) is 4.38. The van der Waals surface area contributed by atoms with Crippen molar-refractivity contribution in [3.63, 3.8) is 0 Å². The minimum absolute atomic E-state index is 0.0299. The summed E-state index contributed by atoms with van der Waals surface area (Å²) in [5.41, 5.74) is 1.17. The van der Waals surface area contributed by atoms with E-state index in [-0.39, 0.29) is 17.2 Å². The number of piperidine rings is 1. The predicted octanol–water partition coefficient (Wildman–Crippen LogP) is 3.39. The largest absolute Gasteiger partial charge is 0.356 e. The van der Waals surface area contributed by atoms with E-state index in [9.17, 15) is 4.79 Å². The normalized spacial score (nSPS) is 18.0. The average molecular weight is 337 g/mol. The molecule has 132 valence electrons. The molecule has 1 amide bonds. The Morgan fingerprint density at radius 2 is 1.96 bits per heavy atom. The number of anilines is 1. The van der Waals surface area contributed by atoms with E-state index in [2.05, 4.69) is 41.2 Å². The van der Waals surface area contributed by atoms with Gasteiger partial charge in [0, 0.05) is 31.2 Å². The summed E-state index contributed by atoms with van der Waals surface area (Å²) in [4.78, 5) is 19.3. The number of benzene rings is 1. The number of amides is 1. The van der Waals surface area contributed by atoms with E-state index in [1.165, 1.54) is 5.56 Å². The Morgan fingerprint density at radius 1 is 1.20 bits per heavy atom. The molecule has 1 aromatic heterocycles. The molecule has 1 aliphatic rings. The predicted molar refractivity (Wildman–Crippen MR) is 102 cm³/mol. The second-order valence-electron chi connectivity index (χ2n) is 7.44. The Bertz CT molecular complexity index is 685. The summed E-state index contributed by atoms with van der Waals surface area (Å²) in [6.07, 6.45) is 3.78. The van der Waals surface area contributed by atoms with E-state index < -0.39 is 0 Å². The molecule has 4 heteroatoms. The van der Waals surface area contributed by atoms with Crippen LogP contribution in [0.15, 0.2) is 54.7 Å². The Labute approximate surface area is 150 Å². The lowest BCUT2D eigenvalue weighted by Gasteiger charge is -2.33. The van der Waals surface area contributed by atoms with Gasteiger partial charge in [-0.05, 0) is 30.5 Å². The average Bonchev–Trinajstić information content (AvgIpc) is 2.68. The Kier molecular flexibility index (Phi) is 5.37. The molecular formula is C21H27N3O. The van der Waals surface area contributed by atoms with Gasteiger partial charge in [0.1, 0.15) is 5.82 Å². The molecule has 0 spiro atoms. The number of hydrogen-bond donors (Lipinski definition) is 1. The molecule has 1 aromatic carbocycles. The lowest BCUT2D eigenvalue weighted by Crippen LogP contribution is -2.46. The fourth-order valence-corrected chi connectivity index (χ4v) is 3.38. The molecule has 3 rings (SSSR count). The van der Waals surface area contributed by atoms with Crippen molar-refractivity contribution >= 4 is 11.7 Å². The van der Waals surface area contributed by atoms with Gasteiger partial charge in [0.05, 0.1) is 5.92 Å². The van der Waals surface area contributed by atoms with Crippen molar-refractivity contribution in [2.75, 3.05) is 24.5 Å². The maximum Gasteiger partial charge on any atom is 0.224 e. The van der Waals surface area contributed by atoms with E-state index in [0.717, 1.165) is 31.7 Å². The maximum atomic E-state index is 12.7. The van der Waals surface area contributed by atoms with E-state index >= 15 is 0 Å². The van der Waals surface area contributed by atoms with Crippen LogP contribution in [0, 0.1) is 5.92 Å². The minimum Gasteiger partial charge on any atom is -0.356 e. The molecule has 25 heavy (non-hydrogen) atoms. The monoisotopic (exact) mass is 337 g/mol. The highest BCUT2D eigenvalue weighted by atomic mass is 16.1. The summed E-state index contributed by atoms with van der Waals surface area (Å²) in [6.45, 7) is 6.70. The molecule has 0 bridgehead atoms. The fraction of sp³-hybridized carbons (Fsp3) is 0.429. The van der Waals surface area contributed by atoms with Crippen LogP contribution in [0.2, 0.25) is 0 Å². The third-order valence-electron chi connectivity index (χ3n) is 5.03. The van der Waals surface area contributed by atoms with Crippen molar-refractivity contribution in [2.24, 2.45) is 5.92 Å². The Morgan fingerprint density at radius 3 is 2.68 bits per heavy atom. The number of hydrogen-bond acceptors (Lipinski definition) is 3. The molecule has 2 aromatic rings. The van der Waals surface area contributed by atoms with Crippen molar-refractivity contribution < 1.29 is 4.79 Å². The summed E-state index contributed by atoms with van der Waals surface area (Å²) < 4.78 is 0. The van der Waals surface area contributed by atoms with Gasteiger partial charge in [0.15, 0.2) is 0 Å². The minimum atomic E-state index is -0.0771. The summed E-state index contributed by atoms with van der Waals surface area (Å²) in [6, 6.07) is 16.3. The SMILES string of the molecule is CC(C)(CNC(=O)C1CCCN(c2ccccn2)C1)c1ccccc1. The van der Waals surface area contributed by atoms with Gasteiger partial charge < -0.3 is 10.2 Å². The molecule has 1 saturated heterocycles. The molecule has 1 aliphatic heterocycles. The smallest absolute Gasteiger partial charge is 0.224 e. The number of rotatable bonds is 5. The van der Waals surface area contributed by atoms with Gasteiger partial charge in [-0.3, -0.25) is 4.79 Å². The van der Waals surface area contributed by atoms with Crippen molar-refractivity contribution in [2.45, 2.75) is 32.1 Å². The number of pyridine rings is 1.